The Labute approximate surface area is 115 Å². The van der Waals surface area contributed by atoms with Crippen LogP contribution >= 0.6 is 0 Å². The molecule has 1 aliphatic rings. The van der Waals surface area contributed by atoms with Crippen LogP contribution in [0.2, 0.25) is 0 Å². The third-order valence-electron chi connectivity index (χ3n) is 3.36. The second-order valence-electron chi connectivity index (χ2n) is 4.48. The van der Waals surface area contributed by atoms with Gasteiger partial charge in [-0.05, 0) is 17.5 Å². The highest BCUT2D eigenvalue weighted by Gasteiger charge is 2.29. The van der Waals surface area contributed by atoms with Crippen LogP contribution in [0.4, 0.5) is 5.69 Å². The minimum Gasteiger partial charge on any atom is -0.356 e. The van der Waals surface area contributed by atoms with Gasteiger partial charge in [0, 0.05) is 17.5 Å². The Morgan fingerprint density at radius 3 is 2.75 bits per heavy atom. The van der Waals surface area contributed by atoms with E-state index < -0.39 is 5.97 Å². The van der Waals surface area contributed by atoms with Gasteiger partial charge in [0.2, 0.25) is 0 Å². The number of hydrogen-bond acceptors (Lipinski definition) is 5. The van der Waals surface area contributed by atoms with Crippen LogP contribution in [0.25, 0.3) is 10.8 Å². The Balaban J connectivity index is 1.91. The summed E-state index contributed by atoms with van der Waals surface area (Å²) in [5, 5.41) is 1.95. The highest BCUT2D eigenvalue weighted by molar-refractivity contribution is 6.25. The first-order valence-corrected chi connectivity index (χ1v) is 6.21. The second-order valence-corrected chi connectivity index (χ2v) is 4.48. The molecule has 0 spiro atoms. The summed E-state index contributed by atoms with van der Waals surface area (Å²) in [5.41, 5.74) is 3.34. The molecule has 6 heteroatoms. The number of anilines is 1. The van der Waals surface area contributed by atoms with Crippen LogP contribution in [0.15, 0.2) is 36.4 Å². The van der Waals surface area contributed by atoms with Gasteiger partial charge >= 0.3 is 5.97 Å². The van der Waals surface area contributed by atoms with E-state index in [4.69, 9.17) is 5.84 Å². The van der Waals surface area contributed by atoms with Crippen molar-refractivity contribution < 1.29 is 14.4 Å². The number of nitrogens with one attached hydrogen (secondary N) is 1. The van der Waals surface area contributed by atoms with Crippen LogP contribution in [-0.4, -0.2) is 18.4 Å². The van der Waals surface area contributed by atoms with Crippen LogP contribution in [-0.2, 0) is 9.63 Å². The summed E-state index contributed by atoms with van der Waals surface area (Å²) in [6, 6.07) is 11.4. The zero-order chi connectivity index (χ0) is 14.1. The maximum absolute atomic E-state index is 12.4. The predicted molar refractivity (Wildman–Crippen MR) is 73.7 cm³/mol. The number of carbonyl (C=O) groups excluding carboxylic acids is 2. The largest absolute Gasteiger partial charge is 0.356 e. The SMILES string of the molecule is NNOC(=O)CCN1C(=O)c2cccc3cccc1c23. The van der Waals surface area contributed by atoms with Crippen molar-refractivity contribution in [2.24, 2.45) is 5.84 Å². The molecule has 3 rings (SSSR count). The molecule has 0 aliphatic carbocycles. The topological polar surface area (TPSA) is 84.7 Å². The van der Waals surface area contributed by atoms with Crippen molar-refractivity contribution in [3.8, 4) is 0 Å². The average Bonchev–Trinajstić information content (AvgIpc) is 2.73. The van der Waals surface area contributed by atoms with Crippen LogP contribution in [0.1, 0.15) is 16.8 Å². The van der Waals surface area contributed by atoms with Gasteiger partial charge in [-0.1, -0.05) is 29.9 Å². The van der Waals surface area contributed by atoms with Gasteiger partial charge in [0.25, 0.3) is 5.91 Å². The molecule has 2 aromatic rings. The van der Waals surface area contributed by atoms with Gasteiger partial charge < -0.3 is 9.74 Å². The molecule has 0 fully saturated rings. The summed E-state index contributed by atoms with van der Waals surface area (Å²) in [6.07, 6.45) is 0.0698. The van der Waals surface area contributed by atoms with E-state index in [9.17, 15) is 9.59 Å². The van der Waals surface area contributed by atoms with Crippen LogP contribution in [0, 0.1) is 0 Å². The Kier molecular flexibility index (Phi) is 3.09. The lowest BCUT2D eigenvalue weighted by Gasteiger charge is -2.16. The minimum absolute atomic E-state index is 0.0698. The monoisotopic (exact) mass is 271 g/mol. The second kappa shape index (κ2) is 4.92. The van der Waals surface area contributed by atoms with E-state index in [1.165, 1.54) is 0 Å². The molecule has 6 nitrogen and oxygen atoms in total. The molecule has 102 valence electrons. The molecule has 1 heterocycles. The molecule has 20 heavy (non-hydrogen) atoms. The maximum atomic E-state index is 12.4. The van der Waals surface area contributed by atoms with Crippen molar-refractivity contribution >= 4 is 28.3 Å². The molecule has 1 amide bonds. The average molecular weight is 271 g/mol. The number of nitrogens with zero attached hydrogens (tertiary/aromatic N) is 1. The van der Waals surface area contributed by atoms with Crippen molar-refractivity contribution in [3.05, 3.63) is 42.0 Å². The van der Waals surface area contributed by atoms with Crippen molar-refractivity contribution in [2.45, 2.75) is 6.42 Å². The number of amides is 1. The van der Waals surface area contributed by atoms with Gasteiger partial charge in [-0.15, -0.1) is 0 Å². The zero-order valence-electron chi connectivity index (χ0n) is 10.6. The van der Waals surface area contributed by atoms with Gasteiger partial charge in [-0.2, -0.15) is 0 Å². The first-order valence-electron chi connectivity index (χ1n) is 6.21. The van der Waals surface area contributed by atoms with Crippen molar-refractivity contribution in [1.82, 2.24) is 5.59 Å². The first-order chi connectivity index (χ1) is 9.72. The summed E-state index contributed by atoms with van der Waals surface area (Å²) in [6.45, 7) is 0.257. The third kappa shape index (κ3) is 1.91. The number of nitrogens with two attached hydrogens (primary N) is 1. The Morgan fingerprint density at radius 1 is 1.25 bits per heavy atom. The van der Waals surface area contributed by atoms with Gasteiger partial charge in [-0.25, -0.2) is 5.84 Å². The Hall–Kier alpha value is -2.44. The molecule has 2 aromatic carbocycles. The molecule has 3 N–H and O–H groups in total. The van der Waals surface area contributed by atoms with Crippen molar-refractivity contribution in [3.63, 3.8) is 0 Å². The molecule has 0 radical (unpaired) electrons. The molecule has 0 aromatic heterocycles. The number of hydrazine groups is 1. The van der Waals surface area contributed by atoms with E-state index in [0.717, 1.165) is 16.5 Å². The maximum Gasteiger partial charge on any atom is 0.328 e. The standard InChI is InChI=1S/C14H13N3O3/c15-16-20-12(18)7-8-17-11-6-2-4-9-3-1-5-10(13(9)11)14(17)19/h1-6,16H,7-8,15H2. The van der Waals surface area contributed by atoms with E-state index in [1.54, 1.807) is 11.0 Å². The Morgan fingerprint density at radius 2 is 2.00 bits per heavy atom. The van der Waals surface area contributed by atoms with Crippen molar-refractivity contribution in [1.29, 1.82) is 0 Å². The Bertz CT molecular complexity index is 694. The van der Waals surface area contributed by atoms with Gasteiger partial charge in [0.1, 0.15) is 0 Å². The van der Waals surface area contributed by atoms with E-state index in [2.05, 4.69) is 4.84 Å². The molecule has 0 unspecified atom stereocenters. The lowest BCUT2D eigenvalue weighted by atomic mass is 10.1. The predicted octanol–water partition coefficient (Wildman–Crippen LogP) is 1.11. The van der Waals surface area contributed by atoms with E-state index in [-0.39, 0.29) is 18.9 Å². The molecule has 0 saturated carbocycles. The number of benzene rings is 2. The fourth-order valence-corrected chi connectivity index (χ4v) is 2.52. The van der Waals surface area contributed by atoms with Gasteiger partial charge in [0.05, 0.1) is 12.1 Å². The number of rotatable bonds is 4. The smallest absolute Gasteiger partial charge is 0.328 e. The van der Waals surface area contributed by atoms with Crippen LogP contribution in [0.5, 0.6) is 0 Å². The van der Waals surface area contributed by atoms with Gasteiger partial charge in [0.15, 0.2) is 0 Å². The van der Waals surface area contributed by atoms with Crippen LogP contribution in [0.3, 0.4) is 0 Å². The fourth-order valence-electron chi connectivity index (χ4n) is 2.52. The summed E-state index contributed by atoms with van der Waals surface area (Å²) in [5.74, 6) is 4.29. The zero-order valence-corrected chi connectivity index (χ0v) is 10.6. The molecule has 0 atom stereocenters. The van der Waals surface area contributed by atoms with E-state index in [0.29, 0.717) is 5.56 Å². The molecule has 1 aliphatic heterocycles. The summed E-state index contributed by atoms with van der Waals surface area (Å²) >= 11 is 0. The third-order valence-corrected chi connectivity index (χ3v) is 3.36. The molecular weight excluding hydrogens is 258 g/mol. The number of carbonyl (C=O) groups is 2. The molecule has 0 saturated heterocycles. The normalized spacial score (nSPS) is 13.1. The number of hydrogen-bond donors (Lipinski definition) is 2. The van der Waals surface area contributed by atoms with Crippen molar-refractivity contribution in [2.75, 3.05) is 11.4 Å². The molecular formula is C14H13N3O3. The minimum atomic E-state index is -0.511. The van der Waals surface area contributed by atoms with E-state index in [1.807, 2.05) is 35.9 Å². The highest BCUT2D eigenvalue weighted by atomic mass is 16.7. The summed E-state index contributed by atoms with van der Waals surface area (Å²) in [7, 11) is 0. The van der Waals surface area contributed by atoms with Crippen LogP contribution < -0.4 is 16.3 Å². The first kappa shape index (κ1) is 12.6. The lowest BCUT2D eigenvalue weighted by molar-refractivity contribution is -0.150. The fraction of sp³-hybridized carbons (Fsp3) is 0.143. The molecule has 0 bridgehead atoms. The van der Waals surface area contributed by atoms with Gasteiger partial charge in [-0.3, -0.25) is 9.59 Å². The quantitative estimate of drug-likeness (QED) is 0.643. The summed E-state index contributed by atoms with van der Waals surface area (Å²) < 4.78 is 0. The highest BCUT2D eigenvalue weighted by Crippen LogP contribution is 2.37. The van der Waals surface area contributed by atoms with E-state index >= 15 is 0 Å². The lowest BCUT2D eigenvalue weighted by Crippen LogP contribution is -2.32. The summed E-state index contributed by atoms with van der Waals surface area (Å²) in [4.78, 5) is 29.7.